The van der Waals surface area contributed by atoms with Crippen LogP contribution in [0.15, 0.2) is 29.2 Å². The van der Waals surface area contributed by atoms with Gasteiger partial charge in [0.1, 0.15) is 0 Å². The van der Waals surface area contributed by atoms with E-state index in [9.17, 15) is 13.2 Å². The molecule has 0 heterocycles. The number of rotatable bonds is 7. The van der Waals surface area contributed by atoms with E-state index in [2.05, 4.69) is 10.2 Å². The number of nitrogens with one attached hydrogen (secondary N) is 2. The molecule has 1 aromatic carbocycles. The highest BCUT2D eigenvalue weighted by atomic mass is 32.2. The van der Waals surface area contributed by atoms with Crippen molar-refractivity contribution in [2.45, 2.75) is 38.1 Å². The molecule has 0 spiro atoms. The van der Waals surface area contributed by atoms with E-state index in [0.29, 0.717) is 18.6 Å². The number of amides is 1. The molecule has 0 radical (unpaired) electrons. The molecule has 0 aliphatic rings. The van der Waals surface area contributed by atoms with Crippen molar-refractivity contribution in [1.82, 2.24) is 10.2 Å². The number of carbonyl (C=O) groups excluding carboxylic acids is 1. The number of hydroxylamine groups is 1. The molecular formula is C13H20N2O4S. The van der Waals surface area contributed by atoms with Crippen LogP contribution in [0.2, 0.25) is 0 Å². The molecule has 1 amide bonds. The Labute approximate surface area is 119 Å². The molecule has 1 aromatic rings. The second-order valence-corrected chi connectivity index (χ2v) is 6.03. The summed E-state index contributed by atoms with van der Waals surface area (Å²) < 4.78 is 26.6. The third-order valence-corrected chi connectivity index (χ3v) is 4.31. The fraction of sp³-hybridized carbons (Fsp3) is 0.462. The molecule has 0 aliphatic heterocycles. The van der Waals surface area contributed by atoms with Crippen LogP contribution in [0.25, 0.3) is 0 Å². The average Bonchev–Trinajstić information content (AvgIpc) is 2.44. The van der Waals surface area contributed by atoms with E-state index in [-0.39, 0.29) is 10.9 Å². The Morgan fingerprint density at radius 3 is 2.35 bits per heavy atom. The van der Waals surface area contributed by atoms with Crippen LogP contribution in [0.5, 0.6) is 0 Å². The highest BCUT2D eigenvalue weighted by Crippen LogP contribution is 2.11. The van der Waals surface area contributed by atoms with Gasteiger partial charge in [0.05, 0.1) is 11.5 Å². The van der Waals surface area contributed by atoms with Gasteiger partial charge in [-0.05, 0) is 44.5 Å². The summed E-state index contributed by atoms with van der Waals surface area (Å²) in [5.41, 5.74) is 2.58. The first-order valence-electron chi connectivity index (χ1n) is 6.45. The van der Waals surface area contributed by atoms with E-state index >= 15 is 0 Å². The van der Waals surface area contributed by atoms with Crippen molar-refractivity contribution >= 4 is 15.9 Å². The molecule has 7 heteroatoms. The zero-order valence-corrected chi connectivity index (χ0v) is 12.7. The van der Waals surface area contributed by atoms with Crippen molar-refractivity contribution in [2.24, 2.45) is 0 Å². The van der Waals surface area contributed by atoms with Gasteiger partial charge in [-0.1, -0.05) is 6.92 Å². The first-order chi connectivity index (χ1) is 9.40. The van der Waals surface area contributed by atoms with Gasteiger partial charge >= 0.3 is 0 Å². The summed E-state index contributed by atoms with van der Waals surface area (Å²) >= 11 is 0. The maximum Gasteiger partial charge on any atom is 0.274 e. The molecule has 1 unspecified atom stereocenters. The summed E-state index contributed by atoms with van der Waals surface area (Å²) in [6.07, 6.45) is 0.702. The number of sulfonamides is 1. The Morgan fingerprint density at radius 2 is 1.85 bits per heavy atom. The van der Waals surface area contributed by atoms with Gasteiger partial charge in [0.2, 0.25) is 10.0 Å². The van der Waals surface area contributed by atoms with Crippen LogP contribution in [0.4, 0.5) is 0 Å². The molecule has 2 N–H and O–H groups in total. The normalized spacial score (nSPS) is 12.9. The Morgan fingerprint density at radius 1 is 1.25 bits per heavy atom. The lowest BCUT2D eigenvalue weighted by Gasteiger charge is -2.12. The quantitative estimate of drug-likeness (QED) is 0.746. The van der Waals surface area contributed by atoms with Gasteiger partial charge in [-0.3, -0.25) is 9.63 Å². The number of hydrogen-bond donors (Lipinski definition) is 2. The standard InChI is InChI=1S/C13H20N2O4S/c1-4-10(3)15-20(17,18)12-8-6-11(7-9-12)13(16)14-19-5-2/h6-10,15H,4-5H2,1-3H3,(H,14,16). The minimum absolute atomic E-state index is 0.130. The predicted molar refractivity (Wildman–Crippen MR) is 75.6 cm³/mol. The first-order valence-corrected chi connectivity index (χ1v) is 7.93. The van der Waals surface area contributed by atoms with Gasteiger partial charge in [-0.15, -0.1) is 0 Å². The third-order valence-electron chi connectivity index (χ3n) is 2.70. The molecule has 0 fully saturated rings. The summed E-state index contributed by atoms with van der Waals surface area (Å²) in [6.45, 7) is 5.79. The molecule has 1 atom stereocenters. The van der Waals surface area contributed by atoms with Crippen LogP contribution in [-0.4, -0.2) is 27.0 Å². The molecule has 20 heavy (non-hydrogen) atoms. The van der Waals surface area contributed by atoms with Crippen molar-refractivity contribution in [2.75, 3.05) is 6.61 Å². The van der Waals surface area contributed by atoms with Crippen molar-refractivity contribution in [1.29, 1.82) is 0 Å². The summed E-state index contributed by atoms with van der Waals surface area (Å²) in [5, 5.41) is 0. The molecule has 0 aromatic heterocycles. The summed E-state index contributed by atoms with van der Waals surface area (Å²) in [4.78, 5) is 16.5. The zero-order valence-electron chi connectivity index (χ0n) is 11.8. The molecule has 0 saturated carbocycles. The molecule has 112 valence electrons. The van der Waals surface area contributed by atoms with Crippen molar-refractivity contribution < 1.29 is 18.0 Å². The molecular weight excluding hydrogens is 280 g/mol. The minimum Gasteiger partial charge on any atom is -0.274 e. The lowest BCUT2D eigenvalue weighted by Crippen LogP contribution is -2.32. The van der Waals surface area contributed by atoms with Crippen LogP contribution < -0.4 is 10.2 Å². The van der Waals surface area contributed by atoms with E-state index in [0.717, 1.165) is 0 Å². The minimum atomic E-state index is -3.54. The second-order valence-electron chi connectivity index (χ2n) is 4.32. The average molecular weight is 300 g/mol. The van der Waals surface area contributed by atoms with E-state index in [1.54, 1.807) is 13.8 Å². The molecule has 1 rings (SSSR count). The highest BCUT2D eigenvalue weighted by Gasteiger charge is 2.17. The zero-order chi connectivity index (χ0) is 15.2. The Balaban J connectivity index is 2.83. The Kier molecular flexibility index (Phi) is 6.12. The van der Waals surface area contributed by atoms with Crippen LogP contribution in [0, 0.1) is 0 Å². The SMILES string of the molecule is CCONC(=O)c1ccc(S(=O)(=O)NC(C)CC)cc1. The third kappa shape index (κ3) is 4.59. The summed E-state index contributed by atoms with van der Waals surface area (Å²) in [5.74, 6) is -0.411. The van der Waals surface area contributed by atoms with Crippen molar-refractivity contribution in [3.8, 4) is 0 Å². The number of benzene rings is 1. The summed E-state index contributed by atoms with van der Waals surface area (Å²) in [6, 6.07) is 5.54. The number of hydrogen-bond acceptors (Lipinski definition) is 4. The molecule has 0 saturated heterocycles. The maximum absolute atomic E-state index is 12.0. The van der Waals surface area contributed by atoms with E-state index in [4.69, 9.17) is 4.84 Å². The van der Waals surface area contributed by atoms with Gasteiger partial charge < -0.3 is 0 Å². The summed E-state index contributed by atoms with van der Waals surface area (Å²) in [7, 11) is -3.54. The fourth-order valence-electron chi connectivity index (χ4n) is 1.40. The van der Waals surface area contributed by atoms with Gasteiger partial charge in [-0.25, -0.2) is 18.6 Å². The predicted octanol–water partition coefficient (Wildman–Crippen LogP) is 1.44. The van der Waals surface area contributed by atoms with Gasteiger partial charge in [0.25, 0.3) is 5.91 Å². The van der Waals surface area contributed by atoms with Crippen LogP contribution in [0.1, 0.15) is 37.6 Å². The van der Waals surface area contributed by atoms with Gasteiger partial charge in [0, 0.05) is 11.6 Å². The van der Waals surface area contributed by atoms with Gasteiger partial charge in [0.15, 0.2) is 0 Å². The topological polar surface area (TPSA) is 84.5 Å². The number of carbonyl (C=O) groups is 1. The molecule has 0 aliphatic carbocycles. The maximum atomic E-state index is 12.0. The van der Waals surface area contributed by atoms with Crippen LogP contribution >= 0.6 is 0 Å². The van der Waals surface area contributed by atoms with E-state index in [1.807, 2.05) is 6.92 Å². The Bertz CT molecular complexity index is 540. The van der Waals surface area contributed by atoms with Gasteiger partial charge in [-0.2, -0.15) is 0 Å². The van der Waals surface area contributed by atoms with Crippen LogP contribution in [-0.2, 0) is 14.9 Å². The lowest BCUT2D eigenvalue weighted by molar-refractivity contribution is 0.0364. The fourth-order valence-corrected chi connectivity index (χ4v) is 2.73. The van der Waals surface area contributed by atoms with Crippen molar-refractivity contribution in [3.63, 3.8) is 0 Å². The first kappa shape index (κ1) is 16.6. The Hall–Kier alpha value is -1.44. The second kappa shape index (κ2) is 7.37. The molecule has 0 bridgehead atoms. The van der Waals surface area contributed by atoms with E-state index < -0.39 is 15.9 Å². The highest BCUT2D eigenvalue weighted by molar-refractivity contribution is 7.89. The smallest absolute Gasteiger partial charge is 0.274 e. The monoisotopic (exact) mass is 300 g/mol. The molecule has 6 nitrogen and oxygen atoms in total. The van der Waals surface area contributed by atoms with Crippen molar-refractivity contribution in [3.05, 3.63) is 29.8 Å². The largest absolute Gasteiger partial charge is 0.274 e. The van der Waals surface area contributed by atoms with Crippen LogP contribution in [0.3, 0.4) is 0 Å². The lowest BCUT2D eigenvalue weighted by atomic mass is 10.2. The van der Waals surface area contributed by atoms with E-state index in [1.165, 1.54) is 24.3 Å².